The van der Waals surface area contributed by atoms with Crippen molar-refractivity contribution in [2.24, 2.45) is 5.92 Å². The van der Waals surface area contributed by atoms with Gasteiger partial charge in [-0.2, -0.15) is 5.10 Å². The summed E-state index contributed by atoms with van der Waals surface area (Å²) in [4.78, 5) is 15.5. The lowest BCUT2D eigenvalue weighted by Crippen LogP contribution is -2.20. The molecule has 1 aliphatic rings. The predicted octanol–water partition coefficient (Wildman–Crippen LogP) is 2.40. The second-order valence-corrected chi connectivity index (χ2v) is 5.65. The molecule has 2 heterocycles. The van der Waals surface area contributed by atoms with E-state index in [-0.39, 0.29) is 17.7 Å². The fourth-order valence-electron chi connectivity index (χ4n) is 3.03. The van der Waals surface area contributed by atoms with Crippen LogP contribution in [0, 0.1) is 12.8 Å². The lowest BCUT2D eigenvalue weighted by atomic mass is 9.80. The molecule has 2 aromatic heterocycles. The van der Waals surface area contributed by atoms with Crippen molar-refractivity contribution in [3.05, 3.63) is 23.7 Å². The van der Waals surface area contributed by atoms with Crippen LogP contribution >= 0.6 is 0 Å². The number of aromatic nitrogens is 3. The van der Waals surface area contributed by atoms with Gasteiger partial charge in [-0.25, -0.2) is 0 Å². The quantitative estimate of drug-likeness (QED) is 0.880. The van der Waals surface area contributed by atoms with E-state index in [1.165, 1.54) is 0 Å². The van der Waals surface area contributed by atoms with Gasteiger partial charge < -0.3 is 10.2 Å². The Labute approximate surface area is 121 Å². The van der Waals surface area contributed by atoms with E-state index in [4.69, 9.17) is 5.11 Å². The van der Waals surface area contributed by atoms with E-state index in [0.717, 1.165) is 29.6 Å². The van der Waals surface area contributed by atoms with Crippen LogP contribution in [0.25, 0.3) is 10.8 Å². The highest BCUT2D eigenvalue weighted by molar-refractivity contribution is 5.87. The van der Waals surface area contributed by atoms with Crippen LogP contribution < -0.4 is 0 Å². The maximum Gasteiger partial charge on any atom is 0.306 e. The number of nitrogens with zero attached hydrogens (tertiary/aromatic N) is 3. The van der Waals surface area contributed by atoms with Gasteiger partial charge >= 0.3 is 5.97 Å². The largest absolute Gasteiger partial charge is 0.492 e. The fraction of sp³-hybridized carbons (Fsp3) is 0.467. The van der Waals surface area contributed by atoms with Crippen LogP contribution in [0.15, 0.2) is 12.3 Å². The molecule has 0 unspecified atom stereocenters. The van der Waals surface area contributed by atoms with Crippen LogP contribution in [0.3, 0.4) is 0 Å². The molecule has 1 aliphatic carbocycles. The highest BCUT2D eigenvalue weighted by atomic mass is 16.4. The number of hydrogen-bond acceptors (Lipinski definition) is 5. The van der Waals surface area contributed by atoms with Gasteiger partial charge in [0.05, 0.1) is 17.0 Å². The summed E-state index contributed by atoms with van der Waals surface area (Å²) in [6.45, 7) is 1.83. The number of pyridine rings is 1. The third-order valence-electron chi connectivity index (χ3n) is 4.35. The molecular weight excluding hydrogens is 270 g/mol. The standard InChI is InChI=1S/C15H17N3O3/c1-8-12-7-16-13(6-11(12)14(19)18-17-8)9-2-4-10(5-3-9)15(20)21/h6-7,9-10H,2-5H2,1H3,(H,18,19)(H,20,21). The summed E-state index contributed by atoms with van der Waals surface area (Å²) in [5.41, 5.74) is 1.63. The molecule has 0 bridgehead atoms. The molecule has 2 aromatic rings. The summed E-state index contributed by atoms with van der Waals surface area (Å²) in [5.74, 6) is -0.775. The molecule has 0 aromatic carbocycles. The van der Waals surface area contributed by atoms with Gasteiger partial charge in [0.15, 0.2) is 0 Å². The number of aromatic hydroxyl groups is 1. The monoisotopic (exact) mass is 287 g/mol. The molecule has 2 N–H and O–H groups in total. The second-order valence-electron chi connectivity index (χ2n) is 5.65. The van der Waals surface area contributed by atoms with Gasteiger partial charge in [-0.05, 0) is 38.7 Å². The minimum atomic E-state index is -0.705. The van der Waals surface area contributed by atoms with Crippen molar-refractivity contribution in [2.45, 2.75) is 38.5 Å². The second kappa shape index (κ2) is 5.27. The molecular formula is C15H17N3O3. The summed E-state index contributed by atoms with van der Waals surface area (Å²) in [5, 5.41) is 28.0. The molecule has 6 heteroatoms. The van der Waals surface area contributed by atoms with Crippen molar-refractivity contribution >= 4 is 16.7 Å². The molecule has 1 saturated carbocycles. The third kappa shape index (κ3) is 2.53. The maximum atomic E-state index is 11.0. The van der Waals surface area contributed by atoms with E-state index in [2.05, 4.69) is 15.2 Å². The molecule has 0 amide bonds. The molecule has 0 saturated heterocycles. The lowest BCUT2D eigenvalue weighted by Gasteiger charge is -2.25. The first-order chi connectivity index (χ1) is 10.1. The zero-order chi connectivity index (χ0) is 15.0. The Morgan fingerprint density at radius 3 is 2.57 bits per heavy atom. The van der Waals surface area contributed by atoms with Crippen LogP contribution in [-0.4, -0.2) is 31.4 Å². The summed E-state index contributed by atoms with van der Waals surface area (Å²) in [6, 6.07) is 1.86. The average Bonchev–Trinajstić information content (AvgIpc) is 2.51. The zero-order valence-electron chi connectivity index (χ0n) is 11.8. The number of fused-ring (bicyclic) bond motifs is 1. The summed E-state index contributed by atoms with van der Waals surface area (Å²) in [6.07, 6.45) is 4.71. The first-order valence-electron chi connectivity index (χ1n) is 7.11. The van der Waals surface area contributed by atoms with Gasteiger partial charge in [-0.3, -0.25) is 9.78 Å². The Balaban J connectivity index is 1.89. The van der Waals surface area contributed by atoms with Crippen molar-refractivity contribution in [3.63, 3.8) is 0 Å². The van der Waals surface area contributed by atoms with Crippen LogP contribution in [0.5, 0.6) is 5.88 Å². The molecule has 0 spiro atoms. The lowest BCUT2D eigenvalue weighted by molar-refractivity contribution is -0.142. The number of aliphatic carboxylic acids is 1. The zero-order valence-corrected chi connectivity index (χ0v) is 11.8. The van der Waals surface area contributed by atoms with Crippen molar-refractivity contribution in [1.29, 1.82) is 0 Å². The van der Waals surface area contributed by atoms with Gasteiger partial charge in [-0.15, -0.1) is 5.10 Å². The van der Waals surface area contributed by atoms with E-state index in [1.807, 2.05) is 13.0 Å². The Hall–Kier alpha value is -2.24. The number of carbonyl (C=O) groups is 1. The van der Waals surface area contributed by atoms with E-state index in [9.17, 15) is 9.90 Å². The topological polar surface area (TPSA) is 96.2 Å². The van der Waals surface area contributed by atoms with Gasteiger partial charge in [0.1, 0.15) is 0 Å². The number of carboxylic acids is 1. The fourth-order valence-corrected chi connectivity index (χ4v) is 3.03. The number of aryl methyl sites for hydroxylation is 1. The highest BCUT2D eigenvalue weighted by Crippen LogP contribution is 2.36. The Morgan fingerprint density at radius 1 is 1.19 bits per heavy atom. The van der Waals surface area contributed by atoms with E-state index in [1.54, 1.807) is 6.20 Å². The van der Waals surface area contributed by atoms with Crippen LogP contribution in [0.4, 0.5) is 0 Å². The Bertz CT molecular complexity index is 694. The molecule has 0 radical (unpaired) electrons. The van der Waals surface area contributed by atoms with E-state index < -0.39 is 5.97 Å². The van der Waals surface area contributed by atoms with Crippen LogP contribution in [-0.2, 0) is 4.79 Å². The molecule has 21 heavy (non-hydrogen) atoms. The minimum Gasteiger partial charge on any atom is -0.492 e. The average molecular weight is 287 g/mol. The van der Waals surface area contributed by atoms with Crippen molar-refractivity contribution < 1.29 is 15.0 Å². The first kappa shape index (κ1) is 13.7. The highest BCUT2D eigenvalue weighted by Gasteiger charge is 2.27. The Kier molecular flexibility index (Phi) is 3.45. The molecule has 6 nitrogen and oxygen atoms in total. The van der Waals surface area contributed by atoms with Gasteiger partial charge in [0, 0.05) is 23.2 Å². The molecule has 3 rings (SSSR count). The smallest absolute Gasteiger partial charge is 0.306 e. The summed E-state index contributed by atoms with van der Waals surface area (Å²) >= 11 is 0. The van der Waals surface area contributed by atoms with Crippen LogP contribution in [0.2, 0.25) is 0 Å². The maximum absolute atomic E-state index is 11.0. The van der Waals surface area contributed by atoms with Crippen molar-refractivity contribution in [1.82, 2.24) is 15.2 Å². The number of rotatable bonds is 2. The van der Waals surface area contributed by atoms with E-state index in [0.29, 0.717) is 18.2 Å². The van der Waals surface area contributed by atoms with Crippen LogP contribution in [0.1, 0.15) is 43.0 Å². The SMILES string of the molecule is Cc1nnc(O)c2cc(C3CCC(C(=O)O)CC3)ncc12. The summed E-state index contributed by atoms with van der Waals surface area (Å²) in [7, 11) is 0. The minimum absolute atomic E-state index is 0.0847. The first-order valence-corrected chi connectivity index (χ1v) is 7.11. The molecule has 1 fully saturated rings. The van der Waals surface area contributed by atoms with Gasteiger partial charge in [0.2, 0.25) is 5.88 Å². The molecule has 0 atom stereocenters. The van der Waals surface area contributed by atoms with E-state index >= 15 is 0 Å². The van der Waals surface area contributed by atoms with Gasteiger partial charge in [0.25, 0.3) is 0 Å². The molecule has 0 aliphatic heterocycles. The summed E-state index contributed by atoms with van der Waals surface area (Å²) < 4.78 is 0. The Morgan fingerprint density at radius 2 is 1.90 bits per heavy atom. The third-order valence-corrected chi connectivity index (χ3v) is 4.35. The normalized spacial score (nSPS) is 22.3. The number of carboxylic acid groups (broad SMARTS) is 1. The predicted molar refractivity (Wildman–Crippen MR) is 76.1 cm³/mol. The van der Waals surface area contributed by atoms with Gasteiger partial charge in [-0.1, -0.05) is 0 Å². The number of hydrogen-bond donors (Lipinski definition) is 2. The van der Waals surface area contributed by atoms with Crippen molar-refractivity contribution in [2.75, 3.05) is 0 Å². The molecule has 110 valence electrons. The van der Waals surface area contributed by atoms with Crippen molar-refractivity contribution in [3.8, 4) is 5.88 Å².